The van der Waals surface area contributed by atoms with E-state index in [2.05, 4.69) is 21.4 Å². The number of thioether (sulfide) groups is 1. The molecule has 0 amide bonds. The lowest BCUT2D eigenvalue weighted by Gasteiger charge is -1.97. The Hall–Kier alpha value is -2.18. The predicted octanol–water partition coefficient (Wildman–Crippen LogP) is 4.17. The van der Waals surface area contributed by atoms with E-state index in [9.17, 15) is 0 Å². The van der Waals surface area contributed by atoms with Crippen molar-refractivity contribution in [2.75, 3.05) is 0 Å². The molecule has 0 unspecified atom stereocenters. The van der Waals surface area contributed by atoms with Gasteiger partial charge in [0.15, 0.2) is 4.34 Å². The fraction of sp³-hybridized carbons (Fsp3) is 0.0625. The van der Waals surface area contributed by atoms with Crippen LogP contribution in [0.1, 0.15) is 5.69 Å². The van der Waals surface area contributed by atoms with Crippen molar-refractivity contribution < 1.29 is 0 Å². The Morgan fingerprint density at radius 3 is 2.68 bits per heavy atom. The second kappa shape index (κ2) is 5.90. The molecular weight excluding hydrogens is 312 g/mol. The first kappa shape index (κ1) is 13.5. The summed E-state index contributed by atoms with van der Waals surface area (Å²) in [5.74, 6) is 0.770. The van der Waals surface area contributed by atoms with Gasteiger partial charge in [-0.15, -0.1) is 16.4 Å². The maximum atomic E-state index is 4.62. The van der Waals surface area contributed by atoms with Gasteiger partial charge < -0.3 is 0 Å². The molecule has 22 heavy (non-hydrogen) atoms. The van der Waals surface area contributed by atoms with E-state index in [-0.39, 0.29) is 0 Å². The van der Waals surface area contributed by atoms with Crippen LogP contribution in [0.3, 0.4) is 0 Å². The van der Waals surface area contributed by atoms with Crippen LogP contribution in [-0.2, 0) is 5.75 Å². The summed E-state index contributed by atoms with van der Waals surface area (Å²) in [7, 11) is 0. The van der Waals surface area contributed by atoms with E-state index in [1.807, 2.05) is 54.7 Å². The Balaban J connectivity index is 1.49. The van der Waals surface area contributed by atoms with Crippen molar-refractivity contribution in [2.45, 2.75) is 10.1 Å². The monoisotopic (exact) mass is 324 g/mol. The van der Waals surface area contributed by atoms with Gasteiger partial charge in [0.2, 0.25) is 0 Å². The second-order valence-electron chi connectivity index (χ2n) is 4.73. The lowest BCUT2D eigenvalue weighted by Crippen LogP contribution is -1.93. The van der Waals surface area contributed by atoms with Gasteiger partial charge in [0.05, 0.1) is 27.8 Å². The number of fused-ring (bicyclic) bond motifs is 1. The number of aromatic nitrogens is 4. The third-order valence-electron chi connectivity index (χ3n) is 3.18. The standard InChI is InChI=1S/C16H12N4S2/c1-2-6-13(7-3-1)20-10-12(18-19-20)11-21-16-17-14-8-4-5-9-15(14)22-16/h1-10H,11H2. The number of benzene rings is 2. The summed E-state index contributed by atoms with van der Waals surface area (Å²) in [6.07, 6.45) is 1.97. The molecular formula is C16H12N4S2. The van der Waals surface area contributed by atoms with E-state index >= 15 is 0 Å². The van der Waals surface area contributed by atoms with Gasteiger partial charge in [-0.2, -0.15) is 0 Å². The van der Waals surface area contributed by atoms with Crippen molar-refractivity contribution in [3.63, 3.8) is 0 Å². The molecule has 4 rings (SSSR count). The SMILES string of the molecule is c1ccc(-n2cc(CSc3nc4ccccc4s3)nn2)cc1. The van der Waals surface area contributed by atoms with Gasteiger partial charge in [0.25, 0.3) is 0 Å². The molecule has 2 aromatic carbocycles. The molecule has 0 bridgehead atoms. The molecule has 2 aromatic heterocycles. The van der Waals surface area contributed by atoms with Crippen LogP contribution < -0.4 is 0 Å². The van der Waals surface area contributed by atoms with Gasteiger partial charge in [-0.3, -0.25) is 0 Å². The van der Waals surface area contributed by atoms with Crippen LogP contribution in [0.4, 0.5) is 0 Å². The molecule has 0 atom stereocenters. The summed E-state index contributed by atoms with van der Waals surface area (Å²) in [6, 6.07) is 18.2. The summed E-state index contributed by atoms with van der Waals surface area (Å²) in [6.45, 7) is 0. The minimum atomic E-state index is 0.770. The van der Waals surface area contributed by atoms with Crippen molar-refractivity contribution in [2.24, 2.45) is 0 Å². The molecule has 4 nitrogen and oxygen atoms in total. The van der Waals surface area contributed by atoms with Gasteiger partial charge >= 0.3 is 0 Å². The Labute approximate surface area is 135 Å². The summed E-state index contributed by atoms with van der Waals surface area (Å²) in [5.41, 5.74) is 3.03. The highest BCUT2D eigenvalue weighted by Crippen LogP contribution is 2.30. The summed E-state index contributed by atoms with van der Waals surface area (Å²) >= 11 is 3.42. The van der Waals surface area contributed by atoms with Gasteiger partial charge in [0.1, 0.15) is 0 Å². The molecule has 0 fully saturated rings. The summed E-state index contributed by atoms with van der Waals surface area (Å²) in [4.78, 5) is 4.62. The molecule has 0 aliphatic rings. The van der Waals surface area contributed by atoms with E-state index in [0.717, 1.165) is 27.0 Å². The number of thiazole rings is 1. The van der Waals surface area contributed by atoms with Gasteiger partial charge in [-0.1, -0.05) is 47.3 Å². The molecule has 0 aliphatic heterocycles. The van der Waals surface area contributed by atoms with Crippen LogP contribution in [0.15, 0.2) is 65.1 Å². The first-order chi connectivity index (χ1) is 10.9. The van der Waals surface area contributed by atoms with Gasteiger partial charge in [-0.25, -0.2) is 9.67 Å². The Bertz CT molecular complexity index is 866. The Morgan fingerprint density at radius 2 is 1.82 bits per heavy atom. The average Bonchev–Trinajstić information content (AvgIpc) is 3.20. The second-order valence-corrected chi connectivity index (χ2v) is 6.98. The van der Waals surface area contributed by atoms with Crippen LogP contribution >= 0.6 is 23.1 Å². The van der Waals surface area contributed by atoms with E-state index in [0.29, 0.717) is 0 Å². The van der Waals surface area contributed by atoms with Crippen molar-refractivity contribution >= 4 is 33.3 Å². The number of rotatable bonds is 4. The first-order valence-corrected chi connectivity index (χ1v) is 8.64. The maximum Gasteiger partial charge on any atom is 0.151 e. The van der Waals surface area contributed by atoms with Crippen LogP contribution in [-0.4, -0.2) is 20.0 Å². The Kier molecular flexibility index (Phi) is 3.62. The van der Waals surface area contributed by atoms with Crippen LogP contribution in [0.2, 0.25) is 0 Å². The van der Waals surface area contributed by atoms with Crippen molar-refractivity contribution in [3.05, 3.63) is 66.5 Å². The molecule has 0 spiro atoms. The number of hydrogen-bond donors (Lipinski definition) is 0. The molecule has 0 aliphatic carbocycles. The largest absolute Gasteiger partial charge is 0.230 e. The van der Waals surface area contributed by atoms with Crippen molar-refractivity contribution in [3.8, 4) is 5.69 Å². The van der Waals surface area contributed by atoms with Crippen LogP contribution in [0.25, 0.3) is 15.9 Å². The van der Waals surface area contributed by atoms with E-state index in [1.165, 1.54) is 4.70 Å². The third kappa shape index (κ3) is 2.75. The van der Waals surface area contributed by atoms with Crippen LogP contribution in [0.5, 0.6) is 0 Å². The lowest BCUT2D eigenvalue weighted by molar-refractivity contribution is 0.800. The molecule has 2 heterocycles. The molecule has 4 aromatic rings. The number of hydrogen-bond acceptors (Lipinski definition) is 5. The predicted molar refractivity (Wildman–Crippen MR) is 90.5 cm³/mol. The fourth-order valence-electron chi connectivity index (χ4n) is 2.12. The topological polar surface area (TPSA) is 43.6 Å². The zero-order valence-electron chi connectivity index (χ0n) is 11.6. The summed E-state index contributed by atoms with van der Waals surface area (Å²) < 4.78 is 4.09. The highest BCUT2D eigenvalue weighted by atomic mass is 32.2. The normalized spacial score (nSPS) is 11.1. The number of nitrogens with zero attached hydrogens (tertiary/aromatic N) is 4. The fourth-order valence-corrected chi connectivity index (χ4v) is 4.07. The van der Waals surface area contributed by atoms with Crippen LogP contribution in [0, 0.1) is 0 Å². The summed E-state index contributed by atoms with van der Waals surface area (Å²) in [5, 5.41) is 8.41. The van der Waals surface area contributed by atoms with E-state index in [4.69, 9.17) is 0 Å². The first-order valence-electron chi connectivity index (χ1n) is 6.83. The zero-order chi connectivity index (χ0) is 14.8. The maximum absolute atomic E-state index is 4.62. The minimum Gasteiger partial charge on any atom is -0.230 e. The highest BCUT2D eigenvalue weighted by Gasteiger charge is 2.07. The minimum absolute atomic E-state index is 0.770. The average molecular weight is 324 g/mol. The molecule has 0 saturated heterocycles. The highest BCUT2D eigenvalue weighted by molar-refractivity contribution is 8.00. The quantitative estimate of drug-likeness (QED) is 0.529. The zero-order valence-corrected chi connectivity index (χ0v) is 13.2. The molecule has 0 radical (unpaired) electrons. The van der Waals surface area contributed by atoms with Crippen molar-refractivity contribution in [1.82, 2.24) is 20.0 Å². The molecule has 108 valence electrons. The lowest BCUT2D eigenvalue weighted by atomic mass is 10.3. The molecule has 0 N–H and O–H groups in total. The van der Waals surface area contributed by atoms with Gasteiger partial charge in [0, 0.05) is 5.75 Å². The van der Waals surface area contributed by atoms with E-state index in [1.54, 1.807) is 27.8 Å². The number of para-hydroxylation sites is 2. The van der Waals surface area contributed by atoms with Gasteiger partial charge in [-0.05, 0) is 24.3 Å². The Morgan fingerprint density at radius 1 is 1.00 bits per heavy atom. The van der Waals surface area contributed by atoms with E-state index < -0.39 is 0 Å². The third-order valence-corrected chi connectivity index (χ3v) is 5.39. The molecule has 6 heteroatoms. The smallest absolute Gasteiger partial charge is 0.151 e. The van der Waals surface area contributed by atoms with Crippen molar-refractivity contribution in [1.29, 1.82) is 0 Å². The molecule has 0 saturated carbocycles.